The van der Waals surface area contributed by atoms with Gasteiger partial charge in [-0.25, -0.2) is 4.39 Å². The molecule has 5 nitrogen and oxygen atoms in total. The zero-order chi connectivity index (χ0) is 20.7. The van der Waals surface area contributed by atoms with E-state index in [0.717, 1.165) is 47.6 Å². The summed E-state index contributed by atoms with van der Waals surface area (Å²) in [6, 6.07) is 13.8. The van der Waals surface area contributed by atoms with Crippen LogP contribution in [0.15, 0.2) is 60.9 Å². The number of hydrogen-bond donors (Lipinski definition) is 2. The van der Waals surface area contributed by atoms with Crippen molar-refractivity contribution in [3.8, 4) is 11.1 Å². The molecule has 150 valence electrons. The number of nitrogens with one attached hydrogen (secondary N) is 2. The number of carbonyl (C=O) groups is 1. The van der Waals surface area contributed by atoms with Crippen molar-refractivity contribution in [2.75, 3.05) is 17.3 Å². The molecule has 0 saturated carbocycles. The van der Waals surface area contributed by atoms with Crippen LogP contribution in [0.5, 0.6) is 0 Å². The van der Waals surface area contributed by atoms with Crippen LogP contribution >= 0.6 is 11.6 Å². The topological polar surface area (TPSA) is 59.0 Å². The number of aromatic nitrogens is 2. The fourth-order valence-corrected chi connectivity index (χ4v) is 3.96. The van der Waals surface area contributed by atoms with Crippen molar-refractivity contribution in [2.45, 2.75) is 12.8 Å². The summed E-state index contributed by atoms with van der Waals surface area (Å²) in [5.41, 5.74) is 8.81. The lowest BCUT2D eigenvalue weighted by Gasteiger charge is -2.18. The summed E-state index contributed by atoms with van der Waals surface area (Å²) < 4.78 is 15.1. The van der Waals surface area contributed by atoms with Crippen molar-refractivity contribution in [1.82, 2.24) is 9.66 Å². The third kappa shape index (κ3) is 3.39. The molecule has 0 unspecified atom stereocenters. The van der Waals surface area contributed by atoms with Crippen molar-refractivity contribution in [3.63, 3.8) is 0 Å². The second-order valence-electron chi connectivity index (χ2n) is 7.28. The second kappa shape index (κ2) is 7.46. The highest BCUT2D eigenvalue weighted by Crippen LogP contribution is 2.29. The van der Waals surface area contributed by atoms with E-state index in [1.165, 1.54) is 23.4 Å². The summed E-state index contributed by atoms with van der Waals surface area (Å²) >= 11 is 6.06. The molecule has 2 aromatic carbocycles. The first kappa shape index (κ1) is 18.6. The van der Waals surface area contributed by atoms with E-state index >= 15 is 0 Å². The SMILES string of the molecule is O=C(Nn1ccc2ncc(-c3ccc4c(c3)CCCN4)cc21)c1cc(F)ccc1Cl. The minimum atomic E-state index is -0.521. The maximum Gasteiger partial charge on any atom is 0.271 e. The van der Waals surface area contributed by atoms with E-state index in [1.54, 1.807) is 10.9 Å². The Kier molecular flexibility index (Phi) is 4.64. The Morgan fingerprint density at radius 2 is 2.03 bits per heavy atom. The van der Waals surface area contributed by atoms with Crippen molar-refractivity contribution in [2.24, 2.45) is 0 Å². The summed E-state index contributed by atoms with van der Waals surface area (Å²) in [4.78, 5) is 17.2. The van der Waals surface area contributed by atoms with Crippen LogP contribution in [0.4, 0.5) is 10.1 Å². The summed E-state index contributed by atoms with van der Waals surface area (Å²) in [6.07, 6.45) is 5.71. The molecule has 0 fully saturated rings. The molecule has 30 heavy (non-hydrogen) atoms. The standard InChI is InChI=1S/C23H18ClFN4O/c24-19-5-4-17(25)12-18(19)23(30)28-29-9-7-21-22(29)11-16(13-27-21)14-3-6-20-15(10-14)2-1-8-26-20/h3-7,9-13,26H,1-2,8H2,(H,28,30). The van der Waals surface area contributed by atoms with Gasteiger partial charge in [0.2, 0.25) is 0 Å². The average Bonchev–Trinajstić information content (AvgIpc) is 3.17. The maximum absolute atomic E-state index is 13.5. The van der Waals surface area contributed by atoms with Crippen molar-refractivity contribution in [1.29, 1.82) is 0 Å². The molecule has 0 radical (unpaired) electrons. The number of anilines is 1. The van der Waals surface area contributed by atoms with Crippen LogP contribution in [0.2, 0.25) is 5.02 Å². The predicted octanol–water partition coefficient (Wildman–Crippen LogP) is 5.24. The molecule has 0 saturated heterocycles. The molecule has 7 heteroatoms. The van der Waals surface area contributed by atoms with Crippen molar-refractivity contribution < 1.29 is 9.18 Å². The number of rotatable bonds is 3. The molecule has 3 heterocycles. The van der Waals surface area contributed by atoms with E-state index < -0.39 is 11.7 Å². The molecule has 0 bridgehead atoms. The van der Waals surface area contributed by atoms with Crippen LogP contribution in [-0.4, -0.2) is 22.1 Å². The van der Waals surface area contributed by atoms with Crippen LogP contribution in [0.3, 0.4) is 0 Å². The van der Waals surface area contributed by atoms with Crippen molar-refractivity contribution >= 4 is 34.2 Å². The minimum Gasteiger partial charge on any atom is -0.385 e. The Balaban J connectivity index is 1.49. The monoisotopic (exact) mass is 420 g/mol. The normalized spacial score (nSPS) is 13.0. The van der Waals surface area contributed by atoms with Gasteiger partial charge >= 0.3 is 0 Å². The van der Waals surface area contributed by atoms with Crippen LogP contribution in [0, 0.1) is 5.82 Å². The first-order valence-corrected chi connectivity index (χ1v) is 10.1. The lowest BCUT2D eigenvalue weighted by atomic mass is 9.98. The first-order chi connectivity index (χ1) is 14.6. The largest absolute Gasteiger partial charge is 0.385 e. The predicted molar refractivity (Wildman–Crippen MR) is 117 cm³/mol. The highest BCUT2D eigenvalue weighted by molar-refractivity contribution is 6.34. The molecule has 1 aliphatic heterocycles. The minimum absolute atomic E-state index is 0.0739. The van der Waals surface area contributed by atoms with Gasteiger partial charge in [0.15, 0.2) is 0 Å². The maximum atomic E-state index is 13.5. The number of nitrogens with zero attached hydrogens (tertiary/aromatic N) is 2. The molecule has 0 spiro atoms. The van der Waals surface area contributed by atoms with E-state index in [2.05, 4.69) is 33.9 Å². The van der Waals surface area contributed by atoms with Gasteiger partial charge in [-0.05, 0) is 66.4 Å². The van der Waals surface area contributed by atoms with Gasteiger partial charge in [0.1, 0.15) is 5.82 Å². The highest BCUT2D eigenvalue weighted by Gasteiger charge is 2.14. The van der Waals surface area contributed by atoms with Gasteiger partial charge < -0.3 is 5.32 Å². The molecular weight excluding hydrogens is 403 g/mol. The summed E-state index contributed by atoms with van der Waals surface area (Å²) in [5, 5.41) is 3.60. The van der Waals surface area contributed by atoms with E-state index in [0.29, 0.717) is 0 Å². The molecule has 0 atom stereocenters. The van der Waals surface area contributed by atoms with Crippen LogP contribution in [-0.2, 0) is 6.42 Å². The molecule has 2 N–H and O–H groups in total. The fourth-order valence-electron chi connectivity index (χ4n) is 3.76. The van der Waals surface area contributed by atoms with Gasteiger partial charge in [-0.1, -0.05) is 17.7 Å². The number of halogens is 2. The summed E-state index contributed by atoms with van der Waals surface area (Å²) in [6.45, 7) is 1.00. The van der Waals surface area contributed by atoms with Gasteiger partial charge in [-0.3, -0.25) is 19.9 Å². The highest BCUT2D eigenvalue weighted by atomic mass is 35.5. The second-order valence-corrected chi connectivity index (χ2v) is 7.69. The lowest BCUT2D eigenvalue weighted by molar-refractivity contribution is 0.101. The number of pyridine rings is 1. The molecule has 4 aromatic rings. The van der Waals surface area contributed by atoms with Gasteiger partial charge in [-0.15, -0.1) is 0 Å². The number of benzene rings is 2. The Bertz CT molecular complexity index is 1280. The Hall–Kier alpha value is -3.38. The summed E-state index contributed by atoms with van der Waals surface area (Å²) in [5.74, 6) is -1.02. The number of carbonyl (C=O) groups excluding carboxylic acids is 1. The van der Waals surface area contributed by atoms with Crippen molar-refractivity contribution in [3.05, 3.63) is 82.9 Å². The quantitative estimate of drug-likeness (QED) is 0.476. The Morgan fingerprint density at radius 3 is 2.93 bits per heavy atom. The molecule has 5 rings (SSSR count). The molecule has 1 amide bonds. The number of hydrogen-bond acceptors (Lipinski definition) is 3. The molecule has 1 aliphatic rings. The molecule has 0 aliphatic carbocycles. The number of amides is 1. The van der Waals surface area contributed by atoms with E-state index in [-0.39, 0.29) is 10.6 Å². The summed E-state index contributed by atoms with van der Waals surface area (Å²) in [7, 11) is 0. The van der Waals surface area contributed by atoms with E-state index in [1.807, 2.05) is 18.3 Å². The average molecular weight is 421 g/mol. The van der Waals surface area contributed by atoms with Gasteiger partial charge in [0.25, 0.3) is 5.91 Å². The van der Waals surface area contributed by atoms with Crippen LogP contribution < -0.4 is 10.7 Å². The number of aryl methyl sites for hydroxylation is 1. The molecular formula is C23H18ClFN4O. The lowest BCUT2D eigenvalue weighted by Crippen LogP contribution is -2.22. The van der Waals surface area contributed by atoms with E-state index in [9.17, 15) is 9.18 Å². The third-order valence-corrected chi connectivity index (χ3v) is 5.64. The van der Waals surface area contributed by atoms with Gasteiger partial charge in [0, 0.05) is 30.2 Å². The first-order valence-electron chi connectivity index (χ1n) is 9.69. The third-order valence-electron chi connectivity index (χ3n) is 5.31. The molecule has 2 aromatic heterocycles. The Morgan fingerprint density at radius 1 is 1.13 bits per heavy atom. The fraction of sp³-hybridized carbons (Fsp3) is 0.130. The van der Waals surface area contributed by atoms with Crippen LogP contribution in [0.1, 0.15) is 22.3 Å². The van der Waals surface area contributed by atoms with E-state index in [4.69, 9.17) is 11.6 Å². The zero-order valence-corrected chi connectivity index (χ0v) is 16.7. The zero-order valence-electron chi connectivity index (χ0n) is 16.0. The Labute approximate surface area is 177 Å². The van der Waals surface area contributed by atoms with Gasteiger partial charge in [-0.2, -0.15) is 0 Å². The smallest absolute Gasteiger partial charge is 0.271 e. The number of fused-ring (bicyclic) bond motifs is 2. The van der Waals surface area contributed by atoms with Crippen LogP contribution in [0.25, 0.3) is 22.2 Å². The van der Waals surface area contributed by atoms with Gasteiger partial charge in [0.05, 0.1) is 21.6 Å².